The lowest BCUT2D eigenvalue weighted by atomic mass is 9.87. The van der Waals surface area contributed by atoms with Crippen molar-refractivity contribution < 1.29 is 29.3 Å². The summed E-state index contributed by atoms with van der Waals surface area (Å²) < 4.78 is 12.4. The molecule has 3 heterocycles. The van der Waals surface area contributed by atoms with E-state index in [1.54, 1.807) is 42.6 Å². The number of nitrogens with zero attached hydrogens (tertiary/aromatic N) is 3. The highest BCUT2D eigenvalue weighted by Gasteiger charge is 2.33. The average Bonchev–Trinajstić information content (AvgIpc) is 3.31. The number of phenolic OH excluding ortho intramolecular Hbond substituents is 3. The molecule has 0 aliphatic carbocycles. The van der Waals surface area contributed by atoms with Crippen LogP contribution in [0.2, 0.25) is 0 Å². The number of carbonyl (C=O) groups is 1. The molecule has 5 rings (SSSR count). The molecule has 1 unspecified atom stereocenters. The number of aromatic nitrogens is 3. The Morgan fingerprint density at radius 2 is 1.89 bits per heavy atom. The molecule has 0 spiro atoms. The lowest BCUT2D eigenvalue weighted by Crippen LogP contribution is -2.12. The molecule has 0 radical (unpaired) electrons. The highest BCUT2D eigenvalue weighted by molar-refractivity contribution is 5.94. The molecule has 0 fully saturated rings. The number of esters is 1. The summed E-state index contributed by atoms with van der Waals surface area (Å²) in [5, 5.41) is 35.9. The molecule has 176 valence electrons. The Balaban J connectivity index is 1.88. The minimum absolute atomic E-state index is 0.0869. The summed E-state index contributed by atoms with van der Waals surface area (Å²) in [6.45, 7) is 0. The van der Waals surface area contributed by atoms with Crippen molar-refractivity contribution in [3.8, 4) is 28.6 Å². The Morgan fingerprint density at radius 1 is 1.11 bits per heavy atom. The second-order valence-electron chi connectivity index (χ2n) is 7.83. The number of phenols is 3. The number of methoxy groups -OCH3 is 1. The number of rotatable bonds is 5. The smallest absolute Gasteiger partial charge is 0.306 e. The van der Waals surface area contributed by atoms with Crippen LogP contribution < -0.4 is 5.43 Å². The van der Waals surface area contributed by atoms with Gasteiger partial charge in [0, 0.05) is 41.1 Å². The van der Waals surface area contributed by atoms with Gasteiger partial charge in [-0.25, -0.2) is 9.50 Å². The van der Waals surface area contributed by atoms with E-state index in [1.807, 2.05) is 0 Å². The lowest BCUT2D eigenvalue weighted by molar-refractivity contribution is -0.140. The van der Waals surface area contributed by atoms with Gasteiger partial charge in [0.25, 0.3) is 0 Å². The second-order valence-corrected chi connectivity index (χ2v) is 7.83. The Hall–Kier alpha value is -4.86. The van der Waals surface area contributed by atoms with Crippen molar-refractivity contribution in [3.05, 3.63) is 82.4 Å². The summed E-state index contributed by atoms with van der Waals surface area (Å²) in [6.07, 6.45) is 4.35. The van der Waals surface area contributed by atoms with Crippen LogP contribution in [0, 0.1) is 0 Å². The highest BCUT2D eigenvalue weighted by Crippen LogP contribution is 2.49. The van der Waals surface area contributed by atoms with Gasteiger partial charge in [0.05, 0.1) is 19.7 Å². The molecule has 10 nitrogen and oxygen atoms in total. The van der Waals surface area contributed by atoms with Crippen molar-refractivity contribution in [1.29, 1.82) is 0 Å². The van der Waals surface area contributed by atoms with E-state index in [2.05, 4.69) is 10.1 Å². The van der Waals surface area contributed by atoms with Gasteiger partial charge in [0.15, 0.2) is 22.6 Å². The van der Waals surface area contributed by atoms with Crippen molar-refractivity contribution in [1.82, 2.24) is 14.6 Å². The van der Waals surface area contributed by atoms with E-state index in [4.69, 9.17) is 9.15 Å². The third-order valence-corrected chi connectivity index (χ3v) is 5.82. The average molecular weight is 473 g/mol. The van der Waals surface area contributed by atoms with E-state index in [-0.39, 0.29) is 28.7 Å². The van der Waals surface area contributed by atoms with Crippen LogP contribution in [0.15, 0.2) is 70.3 Å². The fourth-order valence-electron chi connectivity index (χ4n) is 4.15. The minimum Gasteiger partial charge on any atom is -0.504 e. The summed E-state index contributed by atoms with van der Waals surface area (Å²) in [5.74, 6) is -3.95. The van der Waals surface area contributed by atoms with Crippen molar-refractivity contribution in [2.24, 2.45) is 0 Å². The highest BCUT2D eigenvalue weighted by atomic mass is 16.5. The van der Waals surface area contributed by atoms with Crippen LogP contribution in [0.5, 0.6) is 17.2 Å². The van der Waals surface area contributed by atoms with Crippen LogP contribution in [0.4, 0.5) is 0 Å². The number of aromatic hydroxyl groups is 3. The van der Waals surface area contributed by atoms with Crippen molar-refractivity contribution in [2.75, 3.05) is 7.11 Å². The molecular weight excluding hydrogens is 454 g/mol. The van der Waals surface area contributed by atoms with E-state index in [0.717, 1.165) is 0 Å². The largest absolute Gasteiger partial charge is 0.504 e. The van der Waals surface area contributed by atoms with E-state index < -0.39 is 34.6 Å². The maximum atomic E-state index is 13.1. The maximum absolute atomic E-state index is 13.1. The number of ether oxygens (including phenoxy) is 1. The maximum Gasteiger partial charge on any atom is 0.306 e. The predicted octanol–water partition coefficient (Wildman–Crippen LogP) is 3.31. The number of fused-ring (bicyclic) bond motifs is 2. The summed E-state index contributed by atoms with van der Waals surface area (Å²) >= 11 is 0. The van der Waals surface area contributed by atoms with E-state index in [0.29, 0.717) is 16.8 Å². The Kier molecular flexibility index (Phi) is 5.33. The molecule has 3 aromatic heterocycles. The van der Waals surface area contributed by atoms with E-state index in [9.17, 15) is 24.9 Å². The molecule has 3 N–H and O–H groups in total. The molecule has 2 aromatic carbocycles. The fraction of sp³-hybridized carbons (Fsp3) is 0.120. The van der Waals surface area contributed by atoms with Crippen LogP contribution in [0.25, 0.3) is 27.9 Å². The van der Waals surface area contributed by atoms with E-state index in [1.165, 1.54) is 30.1 Å². The molecule has 0 aliphatic rings. The first-order valence-corrected chi connectivity index (χ1v) is 10.6. The second kappa shape index (κ2) is 8.49. The van der Waals surface area contributed by atoms with Crippen LogP contribution in [-0.2, 0) is 9.53 Å². The first kappa shape index (κ1) is 22.0. The van der Waals surface area contributed by atoms with Gasteiger partial charge in [0.2, 0.25) is 5.75 Å². The van der Waals surface area contributed by atoms with Crippen molar-refractivity contribution >= 4 is 22.6 Å². The van der Waals surface area contributed by atoms with Gasteiger partial charge in [-0.1, -0.05) is 30.3 Å². The number of hydrogen-bond acceptors (Lipinski definition) is 9. The molecule has 0 saturated carbocycles. The molecule has 0 bridgehead atoms. The molecule has 0 aliphatic heterocycles. The zero-order valence-electron chi connectivity index (χ0n) is 18.4. The van der Waals surface area contributed by atoms with Gasteiger partial charge in [-0.15, -0.1) is 0 Å². The van der Waals surface area contributed by atoms with Gasteiger partial charge in [-0.2, -0.15) is 5.10 Å². The summed E-state index contributed by atoms with van der Waals surface area (Å²) in [4.78, 5) is 29.8. The lowest BCUT2D eigenvalue weighted by Gasteiger charge is -2.20. The molecule has 0 saturated heterocycles. The van der Waals surface area contributed by atoms with Crippen LogP contribution in [-0.4, -0.2) is 43.0 Å². The van der Waals surface area contributed by atoms with E-state index >= 15 is 0 Å². The standard InChI is InChI=1S/C25H19N3O7/c1-34-18(30)10-14(15-12-27-28-9-5-8-26-25(15)28)19-21(31)23(33)22(32)20-16(29)11-17(35-24(19)20)13-6-3-2-4-7-13/h2-9,11-12,14,31-33H,10H2,1H3. The zero-order chi connectivity index (χ0) is 24.7. The fourth-order valence-corrected chi connectivity index (χ4v) is 4.15. The number of hydrogen-bond donors (Lipinski definition) is 3. The molecule has 5 aromatic rings. The third-order valence-electron chi connectivity index (χ3n) is 5.82. The minimum atomic E-state index is -1.00. The van der Waals surface area contributed by atoms with Gasteiger partial charge in [-0.3, -0.25) is 9.59 Å². The summed E-state index contributed by atoms with van der Waals surface area (Å²) in [6, 6.07) is 11.6. The van der Waals surface area contributed by atoms with Crippen molar-refractivity contribution in [2.45, 2.75) is 12.3 Å². The monoisotopic (exact) mass is 473 g/mol. The van der Waals surface area contributed by atoms with Crippen LogP contribution in [0.1, 0.15) is 23.5 Å². The molecule has 1 atom stereocenters. The molecule has 0 amide bonds. The number of carbonyl (C=O) groups excluding carboxylic acids is 1. The third kappa shape index (κ3) is 3.61. The molecule has 10 heteroatoms. The first-order valence-electron chi connectivity index (χ1n) is 10.6. The molecular formula is C25H19N3O7. The van der Waals surface area contributed by atoms with Crippen LogP contribution in [0.3, 0.4) is 0 Å². The summed E-state index contributed by atoms with van der Waals surface area (Å²) in [7, 11) is 1.22. The molecule has 35 heavy (non-hydrogen) atoms. The SMILES string of the molecule is COC(=O)CC(c1c(O)c(O)c(O)c2c(=O)cc(-c3ccccc3)oc12)c1cnn2cccnc12. The van der Waals surface area contributed by atoms with Gasteiger partial charge in [0.1, 0.15) is 16.7 Å². The van der Waals surface area contributed by atoms with Crippen LogP contribution >= 0.6 is 0 Å². The topological polar surface area (TPSA) is 147 Å². The first-order chi connectivity index (χ1) is 16.9. The van der Waals surface area contributed by atoms with Gasteiger partial charge >= 0.3 is 5.97 Å². The van der Waals surface area contributed by atoms with Crippen molar-refractivity contribution in [3.63, 3.8) is 0 Å². The predicted molar refractivity (Wildman–Crippen MR) is 124 cm³/mol. The number of benzene rings is 2. The van der Waals surface area contributed by atoms with Gasteiger partial charge in [-0.05, 0) is 6.07 Å². The normalized spacial score (nSPS) is 12.1. The quantitative estimate of drug-likeness (QED) is 0.258. The summed E-state index contributed by atoms with van der Waals surface area (Å²) in [5.41, 5.74) is 0.443. The Morgan fingerprint density at radius 3 is 2.63 bits per heavy atom. The Bertz CT molecular complexity index is 1640. The van der Waals surface area contributed by atoms with Gasteiger partial charge < -0.3 is 24.5 Å². The zero-order valence-corrected chi connectivity index (χ0v) is 18.4. The Labute approximate surface area is 197 Å².